The van der Waals surface area contributed by atoms with Crippen molar-refractivity contribution < 1.29 is 19.1 Å². The van der Waals surface area contributed by atoms with Gasteiger partial charge in [-0.15, -0.1) is 0 Å². The molecule has 2 fully saturated rings. The number of hydrogen-bond acceptors (Lipinski definition) is 4. The van der Waals surface area contributed by atoms with Crippen LogP contribution in [0.1, 0.15) is 43.2 Å². The molecule has 1 aliphatic heterocycles. The SMILES string of the molecule is Cc1ccc(C)c(OCC(=O)NN2C(=O)NC3(CCCCC3)C2=O)c1. The first-order valence-electron chi connectivity index (χ1n) is 8.57. The summed E-state index contributed by atoms with van der Waals surface area (Å²) in [6, 6.07) is 5.13. The first kappa shape index (κ1) is 17.3. The van der Waals surface area contributed by atoms with Crippen molar-refractivity contribution in [2.75, 3.05) is 6.61 Å². The van der Waals surface area contributed by atoms with Crippen LogP contribution in [0.5, 0.6) is 5.75 Å². The molecule has 1 spiro atoms. The van der Waals surface area contributed by atoms with Gasteiger partial charge in [-0.1, -0.05) is 31.4 Å². The van der Waals surface area contributed by atoms with Gasteiger partial charge < -0.3 is 10.1 Å². The highest BCUT2D eigenvalue weighted by Gasteiger charge is 2.52. The molecular weight excluding hydrogens is 322 g/mol. The third-order valence-corrected chi connectivity index (χ3v) is 4.81. The Hall–Kier alpha value is -2.57. The number of urea groups is 1. The van der Waals surface area contributed by atoms with E-state index in [1.54, 1.807) is 0 Å². The van der Waals surface area contributed by atoms with Gasteiger partial charge in [-0.3, -0.25) is 15.0 Å². The molecule has 3 rings (SSSR count). The van der Waals surface area contributed by atoms with E-state index in [4.69, 9.17) is 4.74 Å². The van der Waals surface area contributed by atoms with Gasteiger partial charge in [-0.05, 0) is 43.9 Å². The van der Waals surface area contributed by atoms with Crippen molar-refractivity contribution in [3.63, 3.8) is 0 Å². The third-order valence-electron chi connectivity index (χ3n) is 4.81. The molecule has 1 aromatic rings. The molecule has 0 aromatic heterocycles. The normalized spacial score (nSPS) is 19.0. The van der Waals surface area contributed by atoms with E-state index in [-0.39, 0.29) is 12.5 Å². The van der Waals surface area contributed by atoms with Crippen molar-refractivity contribution in [2.45, 2.75) is 51.5 Å². The quantitative estimate of drug-likeness (QED) is 0.817. The second-order valence-electron chi connectivity index (χ2n) is 6.81. The second-order valence-corrected chi connectivity index (χ2v) is 6.81. The van der Waals surface area contributed by atoms with Crippen LogP contribution in [0.2, 0.25) is 0 Å². The Balaban J connectivity index is 1.60. The Morgan fingerprint density at radius 1 is 1.24 bits per heavy atom. The van der Waals surface area contributed by atoms with Crippen LogP contribution in [-0.2, 0) is 9.59 Å². The van der Waals surface area contributed by atoms with Gasteiger partial charge in [-0.2, -0.15) is 5.01 Å². The minimum absolute atomic E-state index is 0.269. The Morgan fingerprint density at radius 2 is 1.96 bits per heavy atom. The Labute approximate surface area is 146 Å². The molecule has 1 heterocycles. The predicted octanol–water partition coefficient (Wildman–Crippen LogP) is 1.97. The molecular formula is C18H23N3O4. The van der Waals surface area contributed by atoms with Gasteiger partial charge in [0.15, 0.2) is 6.61 Å². The van der Waals surface area contributed by atoms with Crippen molar-refractivity contribution in [1.82, 2.24) is 15.8 Å². The van der Waals surface area contributed by atoms with Crippen LogP contribution in [-0.4, -0.2) is 35.0 Å². The Kier molecular flexibility index (Phi) is 4.65. The summed E-state index contributed by atoms with van der Waals surface area (Å²) in [7, 11) is 0. The fraction of sp³-hybridized carbons (Fsp3) is 0.500. The van der Waals surface area contributed by atoms with Gasteiger partial charge >= 0.3 is 6.03 Å². The average Bonchev–Trinajstić information content (AvgIpc) is 2.80. The predicted molar refractivity (Wildman–Crippen MR) is 90.7 cm³/mol. The number of amides is 4. The number of nitrogens with zero attached hydrogens (tertiary/aromatic N) is 1. The van der Waals surface area contributed by atoms with Crippen LogP contribution in [0.15, 0.2) is 18.2 Å². The van der Waals surface area contributed by atoms with Gasteiger partial charge in [0.25, 0.3) is 11.8 Å². The fourth-order valence-corrected chi connectivity index (χ4v) is 3.38. The zero-order valence-corrected chi connectivity index (χ0v) is 14.6. The first-order chi connectivity index (χ1) is 11.9. The van der Waals surface area contributed by atoms with Crippen LogP contribution in [0, 0.1) is 13.8 Å². The van der Waals surface area contributed by atoms with Crippen molar-refractivity contribution in [2.24, 2.45) is 0 Å². The number of carbonyl (C=O) groups is 3. The summed E-state index contributed by atoms with van der Waals surface area (Å²) in [5, 5.41) is 3.54. The second kappa shape index (κ2) is 6.74. The lowest BCUT2D eigenvalue weighted by Crippen LogP contribution is -2.51. The Morgan fingerprint density at radius 3 is 2.68 bits per heavy atom. The zero-order chi connectivity index (χ0) is 18.0. The van der Waals surface area contributed by atoms with Gasteiger partial charge in [0.05, 0.1) is 0 Å². The summed E-state index contributed by atoms with van der Waals surface area (Å²) < 4.78 is 5.52. The summed E-state index contributed by atoms with van der Waals surface area (Å²) in [5.74, 6) is -0.314. The van der Waals surface area contributed by atoms with E-state index in [1.165, 1.54) is 0 Å². The molecule has 0 atom stereocenters. The van der Waals surface area contributed by atoms with E-state index in [0.717, 1.165) is 35.4 Å². The number of hydrazine groups is 1. The molecule has 25 heavy (non-hydrogen) atoms. The van der Waals surface area contributed by atoms with Gasteiger partial charge in [0, 0.05) is 0 Å². The van der Waals surface area contributed by atoms with Crippen molar-refractivity contribution in [3.8, 4) is 5.75 Å². The lowest BCUT2D eigenvalue weighted by atomic mass is 9.82. The number of nitrogens with one attached hydrogen (secondary N) is 2. The zero-order valence-electron chi connectivity index (χ0n) is 14.6. The van der Waals surface area contributed by atoms with Crippen LogP contribution in [0.4, 0.5) is 4.79 Å². The highest BCUT2D eigenvalue weighted by molar-refractivity contribution is 6.08. The number of ether oxygens (including phenoxy) is 1. The minimum atomic E-state index is -0.851. The number of carbonyl (C=O) groups excluding carboxylic acids is 3. The number of aryl methyl sites for hydroxylation is 2. The standard InChI is InChI=1S/C18H23N3O4/c1-12-6-7-13(2)14(10-12)25-11-15(22)20-21-16(23)18(19-17(21)24)8-4-3-5-9-18/h6-7,10H,3-5,8-9,11H2,1-2H3,(H,19,24)(H,20,22). The summed E-state index contributed by atoms with van der Waals surface area (Å²) in [6.07, 6.45) is 4.07. The molecule has 134 valence electrons. The highest BCUT2D eigenvalue weighted by Crippen LogP contribution is 2.32. The van der Waals surface area contributed by atoms with Crippen molar-refractivity contribution in [3.05, 3.63) is 29.3 Å². The fourth-order valence-electron chi connectivity index (χ4n) is 3.38. The first-order valence-corrected chi connectivity index (χ1v) is 8.57. The maximum atomic E-state index is 12.6. The molecule has 1 aromatic carbocycles. The molecule has 1 aliphatic carbocycles. The van der Waals surface area contributed by atoms with E-state index in [9.17, 15) is 14.4 Å². The molecule has 2 N–H and O–H groups in total. The smallest absolute Gasteiger partial charge is 0.344 e. The van der Waals surface area contributed by atoms with E-state index in [2.05, 4.69) is 10.7 Å². The maximum absolute atomic E-state index is 12.6. The number of rotatable bonds is 4. The highest BCUT2D eigenvalue weighted by atomic mass is 16.5. The molecule has 1 saturated heterocycles. The number of hydrogen-bond donors (Lipinski definition) is 2. The van der Waals surface area contributed by atoms with E-state index >= 15 is 0 Å². The average molecular weight is 345 g/mol. The summed E-state index contributed by atoms with van der Waals surface area (Å²) in [6.45, 7) is 3.55. The summed E-state index contributed by atoms with van der Waals surface area (Å²) in [4.78, 5) is 36.8. The van der Waals surface area contributed by atoms with Crippen LogP contribution in [0.25, 0.3) is 0 Å². The number of imide groups is 1. The van der Waals surface area contributed by atoms with E-state index in [1.807, 2.05) is 32.0 Å². The van der Waals surface area contributed by atoms with E-state index < -0.39 is 17.5 Å². The monoisotopic (exact) mass is 345 g/mol. The molecule has 1 saturated carbocycles. The lowest BCUT2D eigenvalue weighted by Gasteiger charge is -2.30. The van der Waals surface area contributed by atoms with Gasteiger partial charge in [-0.25, -0.2) is 4.79 Å². The number of benzene rings is 1. The van der Waals surface area contributed by atoms with Gasteiger partial charge in [0.2, 0.25) is 0 Å². The maximum Gasteiger partial charge on any atom is 0.344 e. The van der Waals surface area contributed by atoms with Gasteiger partial charge in [0.1, 0.15) is 11.3 Å². The third kappa shape index (κ3) is 3.45. The summed E-state index contributed by atoms with van der Waals surface area (Å²) >= 11 is 0. The molecule has 2 aliphatic rings. The molecule has 0 bridgehead atoms. The van der Waals surface area contributed by atoms with Crippen molar-refractivity contribution in [1.29, 1.82) is 0 Å². The summed E-state index contributed by atoms with van der Waals surface area (Å²) in [5.41, 5.74) is 3.45. The molecule has 0 radical (unpaired) electrons. The van der Waals surface area contributed by atoms with Crippen molar-refractivity contribution >= 4 is 17.8 Å². The van der Waals surface area contributed by atoms with Crippen LogP contribution in [0.3, 0.4) is 0 Å². The van der Waals surface area contributed by atoms with Crippen LogP contribution < -0.4 is 15.5 Å². The topological polar surface area (TPSA) is 87.7 Å². The molecule has 4 amide bonds. The van der Waals surface area contributed by atoms with Crippen LogP contribution >= 0.6 is 0 Å². The largest absolute Gasteiger partial charge is 0.483 e. The lowest BCUT2D eigenvalue weighted by molar-refractivity contribution is -0.140. The molecule has 7 nitrogen and oxygen atoms in total. The van der Waals surface area contributed by atoms with E-state index in [0.29, 0.717) is 18.6 Å². The Bertz CT molecular complexity index is 710. The molecule has 7 heteroatoms. The molecule has 0 unspecified atom stereocenters. The minimum Gasteiger partial charge on any atom is -0.483 e.